The van der Waals surface area contributed by atoms with Gasteiger partial charge in [0.2, 0.25) is 0 Å². The Morgan fingerprint density at radius 3 is 2.87 bits per heavy atom. The normalized spacial score (nSPS) is 10.7. The van der Waals surface area contributed by atoms with Gasteiger partial charge in [0.25, 0.3) is 0 Å². The van der Waals surface area contributed by atoms with Gasteiger partial charge in [-0.3, -0.25) is 4.68 Å². The summed E-state index contributed by atoms with van der Waals surface area (Å²) in [6.07, 6.45) is 8.44. The molecule has 2 aromatic heterocycles. The van der Waals surface area contributed by atoms with Crippen molar-refractivity contribution in [1.29, 1.82) is 0 Å². The number of rotatable bonds is 4. The van der Waals surface area contributed by atoms with Crippen molar-refractivity contribution < 1.29 is 0 Å². The Bertz CT molecular complexity index is 400. The van der Waals surface area contributed by atoms with E-state index in [0.717, 1.165) is 24.0 Å². The fourth-order valence-electron chi connectivity index (χ4n) is 1.36. The lowest BCUT2D eigenvalue weighted by Gasteiger charge is -2.02. The second kappa shape index (κ2) is 4.48. The van der Waals surface area contributed by atoms with Gasteiger partial charge in [0.05, 0.1) is 10.8 Å². The molecule has 80 valence electrons. The number of aryl methyl sites for hydroxylation is 2. The molecule has 0 atom stereocenters. The summed E-state index contributed by atoms with van der Waals surface area (Å²) in [6.45, 7) is 1.80. The number of nitrogens with zero attached hydrogens (tertiary/aromatic N) is 4. The minimum absolute atomic E-state index is 0.539. The van der Waals surface area contributed by atoms with Crippen LogP contribution in [0.15, 0.2) is 29.4 Å². The number of aromatic nitrogens is 4. The van der Waals surface area contributed by atoms with Gasteiger partial charge in [-0.15, -0.1) is 0 Å². The highest BCUT2D eigenvalue weighted by atomic mass is 79.9. The van der Waals surface area contributed by atoms with Crippen LogP contribution in [0.2, 0.25) is 0 Å². The predicted octanol–water partition coefficient (Wildman–Crippen LogP) is 1.51. The third-order valence-corrected chi connectivity index (χ3v) is 2.72. The second-order valence-corrected chi connectivity index (χ2v) is 4.13. The zero-order valence-corrected chi connectivity index (χ0v) is 9.76. The number of halogens is 1. The van der Waals surface area contributed by atoms with Crippen molar-refractivity contribution in [2.75, 3.05) is 5.73 Å². The SMILES string of the molecule is Nc1nn(CCCn2ccnc2)cc1Br. The molecule has 0 saturated carbocycles. The number of imidazole rings is 1. The smallest absolute Gasteiger partial charge is 0.159 e. The number of nitrogen functional groups attached to an aromatic ring is 1. The maximum absolute atomic E-state index is 5.61. The molecule has 5 nitrogen and oxygen atoms in total. The maximum atomic E-state index is 5.61. The van der Waals surface area contributed by atoms with Crippen LogP contribution in [0.25, 0.3) is 0 Å². The van der Waals surface area contributed by atoms with E-state index >= 15 is 0 Å². The number of hydrogen-bond donors (Lipinski definition) is 1. The first kappa shape index (κ1) is 10.2. The first-order chi connectivity index (χ1) is 7.25. The molecule has 2 aromatic rings. The predicted molar refractivity (Wildman–Crippen MR) is 61.2 cm³/mol. The fourth-order valence-corrected chi connectivity index (χ4v) is 1.68. The van der Waals surface area contributed by atoms with Crippen molar-refractivity contribution in [3.05, 3.63) is 29.4 Å². The highest BCUT2D eigenvalue weighted by Crippen LogP contribution is 2.16. The molecule has 6 heteroatoms. The summed E-state index contributed by atoms with van der Waals surface area (Å²) in [5.41, 5.74) is 5.61. The van der Waals surface area contributed by atoms with Crippen molar-refractivity contribution in [2.24, 2.45) is 0 Å². The summed E-state index contributed by atoms with van der Waals surface area (Å²) in [4.78, 5) is 3.98. The van der Waals surface area contributed by atoms with Gasteiger partial charge in [-0.2, -0.15) is 5.10 Å². The lowest BCUT2D eigenvalue weighted by atomic mass is 10.4. The highest BCUT2D eigenvalue weighted by Gasteiger charge is 2.01. The quantitative estimate of drug-likeness (QED) is 0.916. The molecule has 0 bridgehead atoms. The largest absolute Gasteiger partial charge is 0.381 e. The van der Waals surface area contributed by atoms with Gasteiger partial charge < -0.3 is 10.3 Å². The van der Waals surface area contributed by atoms with E-state index in [-0.39, 0.29) is 0 Å². The van der Waals surface area contributed by atoms with Gasteiger partial charge in [0.15, 0.2) is 5.82 Å². The minimum Gasteiger partial charge on any atom is -0.381 e. The molecule has 0 aliphatic heterocycles. The van der Waals surface area contributed by atoms with Gasteiger partial charge in [0.1, 0.15) is 0 Å². The molecule has 0 spiro atoms. The molecule has 2 rings (SSSR count). The van der Waals surface area contributed by atoms with Crippen molar-refractivity contribution in [3.63, 3.8) is 0 Å². The Morgan fingerprint density at radius 2 is 2.27 bits per heavy atom. The van der Waals surface area contributed by atoms with E-state index < -0.39 is 0 Å². The van der Waals surface area contributed by atoms with E-state index in [1.54, 1.807) is 6.20 Å². The van der Waals surface area contributed by atoms with E-state index in [1.165, 1.54) is 0 Å². The van der Waals surface area contributed by atoms with E-state index in [9.17, 15) is 0 Å². The summed E-state index contributed by atoms with van der Waals surface area (Å²) < 4.78 is 4.74. The Morgan fingerprint density at radius 1 is 1.40 bits per heavy atom. The average Bonchev–Trinajstić information content (AvgIpc) is 2.79. The molecule has 0 saturated heterocycles. The van der Waals surface area contributed by atoms with Crippen molar-refractivity contribution in [2.45, 2.75) is 19.5 Å². The summed E-state index contributed by atoms with van der Waals surface area (Å²) in [5, 5.41) is 4.15. The molecule has 0 aliphatic carbocycles. The summed E-state index contributed by atoms with van der Waals surface area (Å²) in [6, 6.07) is 0. The number of nitrogens with two attached hydrogens (primary N) is 1. The van der Waals surface area contributed by atoms with Gasteiger partial charge in [-0.1, -0.05) is 0 Å². The molecule has 0 aromatic carbocycles. The van der Waals surface area contributed by atoms with Gasteiger partial charge >= 0.3 is 0 Å². The van der Waals surface area contributed by atoms with Crippen LogP contribution < -0.4 is 5.73 Å². The Balaban J connectivity index is 1.83. The van der Waals surface area contributed by atoms with Crippen LogP contribution in [-0.4, -0.2) is 19.3 Å². The van der Waals surface area contributed by atoms with Crippen LogP contribution in [0.5, 0.6) is 0 Å². The van der Waals surface area contributed by atoms with Crippen molar-refractivity contribution >= 4 is 21.7 Å². The first-order valence-corrected chi connectivity index (χ1v) is 5.49. The Labute approximate surface area is 96.0 Å². The molecule has 2 N–H and O–H groups in total. The molecule has 0 amide bonds. The maximum Gasteiger partial charge on any atom is 0.159 e. The third-order valence-electron chi connectivity index (χ3n) is 2.11. The van der Waals surface area contributed by atoms with Crippen LogP contribution in [-0.2, 0) is 13.1 Å². The third kappa shape index (κ3) is 2.59. The summed E-state index contributed by atoms with van der Waals surface area (Å²) in [5.74, 6) is 0.539. The molecular weight excluding hydrogens is 258 g/mol. The molecular formula is C9H12BrN5. The van der Waals surface area contributed by atoms with Gasteiger partial charge in [-0.25, -0.2) is 4.98 Å². The van der Waals surface area contributed by atoms with Crippen LogP contribution in [0.4, 0.5) is 5.82 Å². The molecule has 0 fully saturated rings. The number of anilines is 1. The second-order valence-electron chi connectivity index (χ2n) is 3.28. The zero-order valence-electron chi connectivity index (χ0n) is 8.17. The topological polar surface area (TPSA) is 61.7 Å². The van der Waals surface area contributed by atoms with E-state index in [1.807, 2.05) is 28.0 Å². The van der Waals surface area contributed by atoms with E-state index in [4.69, 9.17) is 5.73 Å². The van der Waals surface area contributed by atoms with E-state index in [0.29, 0.717) is 5.82 Å². The van der Waals surface area contributed by atoms with Crippen LogP contribution in [0, 0.1) is 0 Å². The summed E-state index contributed by atoms with van der Waals surface area (Å²) >= 11 is 3.32. The molecule has 2 heterocycles. The minimum atomic E-state index is 0.539. The molecule has 0 radical (unpaired) electrons. The number of hydrogen-bond acceptors (Lipinski definition) is 3. The van der Waals surface area contributed by atoms with Crippen LogP contribution in [0.3, 0.4) is 0 Å². The van der Waals surface area contributed by atoms with Crippen LogP contribution >= 0.6 is 15.9 Å². The fraction of sp³-hybridized carbons (Fsp3) is 0.333. The Hall–Kier alpha value is -1.30. The summed E-state index contributed by atoms with van der Waals surface area (Å²) in [7, 11) is 0. The molecule has 15 heavy (non-hydrogen) atoms. The van der Waals surface area contributed by atoms with Crippen LogP contribution in [0.1, 0.15) is 6.42 Å². The zero-order chi connectivity index (χ0) is 10.7. The lowest BCUT2D eigenvalue weighted by Crippen LogP contribution is -2.03. The standard InChI is InChI=1S/C9H12BrN5/c10-8-6-15(13-9(8)11)4-1-3-14-5-2-12-7-14/h2,5-7H,1,3-4H2,(H2,11,13). The first-order valence-electron chi connectivity index (χ1n) is 4.70. The van der Waals surface area contributed by atoms with Gasteiger partial charge in [0, 0.05) is 31.7 Å². The Kier molecular flexibility index (Phi) is 3.05. The van der Waals surface area contributed by atoms with Crippen molar-refractivity contribution in [1.82, 2.24) is 19.3 Å². The molecule has 0 unspecified atom stereocenters. The molecule has 0 aliphatic rings. The van der Waals surface area contributed by atoms with E-state index in [2.05, 4.69) is 26.0 Å². The lowest BCUT2D eigenvalue weighted by molar-refractivity contribution is 0.527. The average molecular weight is 270 g/mol. The van der Waals surface area contributed by atoms with Gasteiger partial charge in [-0.05, 0) is 22.4 Å². The highest BCUT2D eigenvalue weighted by molar-refractivity contribution is 9.10. The van der Waals surface area contributed by atoms with Crippen molar-refractivity contribution in [3.8, 4) is 0 Å². The monoisotopic (exact) mass is 269 g/mol.